The van der Waals surface area contributed by atoms with Gasteiger partial charge in [-0.05, 0) is 19.8 Å². The molecule has 0 heterocycles. The lowest BCUT2D eigenvalue weighted by molar-refractivity contribution is -0.134. The number of amides is 1. The summed E-state index contributed by atoms with van der Waals surface area (Å²) in [5.74, 6) is -1.23. The van der Waals surface area contributed by atoms with Crippen molar-refractivity contribution in [2.75, 3.05) is 0 Å². The zero-order chi connectivity index (χ0) is 9.14. The number of carbonyl (C=O) groups is 2. The Labute approximate surface area is 70.3 Å². The van der Waals surface area contributed by atoms with E-state index >= 15 is 0 Å². The molecule has 0 aromatic carbocycles. The Morgan fingerprint density at radius 2 is 2.08 bits per heavy atom. The molecule has 0 radical (unpaired) electrons. The van der Waals surface area contributed by atoms with Crippen molar-refractivity contribution in [3.8, 4) is 0 Å². The van der Waals surface area contributed by atoms with E-state index in [1.54, 1.807) is 6.92 Å². The van der Waals surface area contributed by atoms with Crippen LogP contribution >= 0.6 is 0 Å². The van der Waals surface area contributed by atoms with Crippen LogP contribution in [0.25, 0.3) is 0 Å². The number of carboxylic acids is 1. The van der Waals surface area contributed by atoms with Crippen LogP contribution in [-0.2, 0) is 9.59 Å². The summed E-state index contributed by atoms with van der Waals surface area (Å²) in [6.07, 6.45) is 3.13. The van der Waals surface area contributed by atoms with Crippen LogP contribution in [0, 0.1) is 5.92 Å². The molecule has 1 aliphatic carbocycles. The molecule has 1 amide bonds. The van der Waals surface area contributed by atoms with Gasteiger partial charge in [-0.25, -0.2) is 4.79 Å². The van der Waals surface area contributed by atoms with Crippen molar-refractivity contribution in [2.24, 2.45) is 5.92 Å². The van der Waals surface area contributed by atoms with E-state index in [9.17, 15) is 9.59 Å². The van der Waals surface area contributed by atoms with E-state index in [-0.39, 0.29) is 17.5 Å². The minimum Gasteiger partial charge on any atom is -0.477 e. The Balaban J connectivity index is 2.47. The topological polar surface area (TPSA) is 66.4 Å². The molecule has 0 saturated heterocycles. The van der Waals surface area contributed by atoms with Crippen molar-refractivity contribution < 1.29 is 14.7 Å². The summed E-state index contributed by atoms with van der Waals surface area (Å²) < 4.78 is 0. The zero-order valence-electron chi connectivity index (χ0n) is 6.83. The molecule has 4 nitrogen and oxygen atoms in total. The summed E-state index contributed by atoms with van der Waals surface area (Å²) in [6.45, 7) is 1.58. The summed E-state index contributed by atoms with van der Waals surface area (Å²) in [4.78, 5) is 21.5. The van der Waals surface area contributed by atoms with Gasteiger partial charge in [0.15, 0.2) is 0 Å². The highest BCUT2D eigenvalue weighted by molar-refractivity contribution is 5.93. The third kappa shape index (κ3) is 2.08. The average Bonchev–Trinajstić information content (AvgIpc) is 2.80. The molecule has 0 aromatic heterocycles. The SMILES string of the molecule is C/C=C(\NC(=O)C1CC1)C(=O)O. The van der Waals surface area contributed by atoms with E-state index in [4.69, 9.17) is 5.11 Å². The number of carboxylic acid groups (broad SMARTS) is 1. The molecule has 0 bridgehead atoms. The molecule has 0 unspecified atom stereocenters. The second kappa shape index (κ2) is 3.38. The van der Waals surface area contributed by atoms with Crippen LogP contribution in [-0.4, -0.2) is 17.0 Å². The van der Waals surface area contributed by atoms with Gasteiger partial charge in [0.1, 0.15) is 5.70 Å². The van der Waals surface area contributed by atoms with Gasteiger partial charge in [-0.15, -0.1) is 0 Å². The van der Waals surface area contributed by atoms with Crippen LogP contribution in [0.2, 0.25) is 0 Å². The fraction of sp³-hybridized carbons (Fsp3) is 0.500. The maximum atomic E-state index is 11.1. The summed E-state index contributed by atoms with van der Waals surface area (Å²) in [7, 11) is 0. The minimum atomic E-state index is -1.09. The standard InChI is InChI=1S/C8H11NO3/c1-2-6(8(11)12)9-7(10)5-3-4-5/h2,5H,3-4H2,1H3,(H,9,10)(H,11,12)/b6-2-. The van der Waals surface area contributed by atoms with Gasteiger partial charge in [0.05, 0.1) is 0 Å². The molecule has 0 aliphatic heterocycles. The Morgan fingerprint density at radius 1 is 1.50 bits per heavy atom. The first kappa shape index (κ1) is 8.77. The van der Waals surface area contributed by atoms with Crippen molar-refractivity contribution in [2.45, 2.75) is 19.8 Å². The van der Waals surface area contributed by atoms with Crippen molar-refractivity contribution in [3.05, 3.63) is 11.8 Å². The smallest absolute Gasteiger partial charge is 0.352 e. The van der Waals surface area contributed by atoms with E-state index < -0.39 is 5.97 Å². The number of nitrogens with one attached hydrogen (secondary N) is 1. The van der Waals surface area contributed by atoms with Gasteiger partial charge < -0.3 is 10.4 Å². The number of rotatable bonds is 3. The highest BCUT2D eigenvalue weighted by atomic mass is 16.4. The number of allylic oxidation sites excluding steroid dienone is 1. The first-order valence-electron chi connectivity index (χ1n) is 3.85. The van der Waals surface area contributed by atoms with E-state index in [1.807, 2.05) is 0 Å². The largest absolute Gasteiger partial charge is 0.477 e. The zero-order valence-corrected chi connectivity index (χ0v) is 6.83. The molecule has 12 heavy (non-hydrogen) atoms. The summed E-state index contributed by atoms with van der Waals surface area (Å²) in [5, 5.41) is 10.9. The second-order valence-electron chi connectivity index (χ2n) is 2.77. The predicted molar refractivity (Wildman–Crippen MR) is 42.3 cm³/mol. The molecule has 0 atom stereocenters. The number of hydrogen-bond acceptors (Lipinski definition) is 2. The predicted octanol–water partition coefficient (Wildman–Crippen LogP) is 0.501. The van der Waals surface area contributed by atoms with Crippen LogP contribution in [0.5, 0.6) is 0 Å². The van der Waals surface area contributed by atoms with Gasteiger partial charge in [0.25, 0.3) is 0 Å². The van der Waals surface area contributed by atoms with Gasteiger partial charge in [-0.2, -0.15) is 0 Å². The van der Waals surface area contributed by atoms with Gasteiger partial charge >= 0.3 is 5.97 Å². The molecule has 66 valence electrons. The second-order valence-corrected chi connectivity index (χ2v) is 2.77. The van der Waals surface area contributed by atoms with Crippen molar-refractivity contribution in [3.63, 3.8) is 0 Å². The first-order valence-corrected chi connectivity index (χ1v) is 3.85. The lowest BCUT2D eigenvalue weighted by Gasteiger charge is -2.02. The first-order chi connectivity index (χ1) is 5.65. The quantitative estimate of drug-likeness (QED) is 0.604. The summed E-state index contributed by atoms with van der Waals surface area (Å²) in [5.41, 5.74) is -0.0353. The van der Waals surface area contributed by atoms with Gasteiger partial charge in [-0.3, -0.25) is 4.79 Å². The molecule has 0 aromatic rings. The van der Waals surface area contributed by atoms with Crippen molar-refractivity contribution in [1.82, 2.24) is 5.32 Å². The van der Waals surface area contributed by atoms with Crippen LogP contribution in [0.4, 0.5) is 0 Å². The van der Waals surface area contributed by atoms with Crippen LogP contribution in [0.3, 0.4) is 0 Å². The Morgan fingerprint density at radius 3 is 2.42 bits per heavy atom. The monoisotopic (exact) mass is 169 g/mol. The number of hydrogen-bond donors (Lipinski definition) is 2. The van der Waals surface area contributed by atoms with Crippen LogP contribution in [0.1, 0.15) is 19.8 Å². The van der Waals surface area contributed by atoms with Gasteiger partial charge in [0, 0.05) is 5.92 Å². The number of aliphatic carboxylic acids is 1. The van der Waals surface area contributed by atoms with E-state index in [2.05, 4.69) is 5.32 Å². The highest BCUT2D eigenvalue weighted by Gasteiger charge is 2.30. The minimum absolute atomic E-state index is 0.0353. The molecule has 1 saturated carbocycles. The highest BCUT2D eigenvalue weighted by Crippen LogP contribution is 2.28. The fourth-order valence-corrected chi connectivity index (χ4v) is 0.829. The molecule has 0 spiro atoms. The molecule has 1 rings (SSSR count). The average molecular weight is 169 g/mol. The normalized spacial score (nSPS) is 17.2. The maximum Gasteiger partial charge on any atom is 0.352 e. The summed E-state index contributed by atoms with van der Waals surface area (Å²) >= 11 is 0. The van der Waals surface area contributed by atoms with E-state index in [0.717, 1.165) is 12.8 Å². The molecule has 4 heteroatoms. The molecule has 1 fully saturated rings. The molecule has 1 aliphatic rings. The van der Waals surface area contributed by atoms with Crippen molar-refractivity contribution in [1.29, 1.82) is 0 Å². The van der Waals surface area contributed by atoms with Crippen LogP contribution < -0.4 is 5.32 Å². The van der Waals surface area contributed by atoms with Crippen LogP contribution in [0.15, 0.2) is 11.8 Å². The van der Waals surface area contributed by atoms with Crippen molar-refractivity contribution >= 4 is 11.9 Å². The third-order valence-corrected chi connectivity index (χ3v) is 1.73. The molecular formula is C8H11NO3. The maximum absolute atomic E-state index is 11.1. The lowest BCUT2D eigenvalue weighted by Crippen LogP contribution is -2.28. The fourth-order valence-electron chi connectivity index (χ4n) is 0.829. The summed E-state index contributed by atoms with van der Waals surface area (Å²) in [6, 6.07) is 0. The Bertz CT molecular complexity index is 241. The third-order valence-electron chi connectivity index (χ3n) is 1.73. The molecular weight excluding hydrogens is 158 g/mol. The Kier molecular flexibility index (Phi) is 2.47. The molecule has 2 N–H and O–H groups in total. The number of carbonyl (C=O) groups excluding carboxylic acids is 1. The van der Waals surface area contributed by atoms with E-state index in [1.165, 1.54) is 6.08 Å². The lowest BCUT2D eigenvalue weighted by atomic mass is 10.3. The van der Waals surface area contributed by atoms with Gasteiger partial charge in [-0.1, -0.05) is 6.08 Å². The Hall–Kier alpha value is -1.32. The van der Waals surface area contributed by atoms with E-state index in [0.29, 0.717) is 0 Å². The van der Waals surface area contributed by atoms with Gasteiger partial charge in [0.2, 0.25) is 5.91 Å².